The van der Waals surface area contributed by atoms with Crippen molar-refractivity contribution >= 4 is 41.6 Å². The summed E-state index contributed by atoms with van der Waals surface area (Å²) in [5.41, 5.74) is 1.51. The van der Waals surface area contributed by atoms with Gasteiger partial charge in [0.05, 0.1) is 17.5 Å². The molecule has 148 valence electrons. The normalized spacial score (nSPS) is 19.4. The van der Waals surface area contributed by atoms with Crippen molar-refractivity contribution in [1.29, 1.82) is 0 Å². The quantitative estimate of drug-likeness (QED) is 0.765. The van der Waals surface area contributed by atoms with Crippen molar-refractivity contribution in [3.05, 3.63) is 58.7 Å². The van der Waals surface area contributed by atoms with E-state index in [1.807, 2.05) is 23.1 Å². The summed E-state index contributed by atoms with van der Waals surface area (Å²) in [6.07, 6.45) is 1.77. The number of benzene rings is 1. The van der Waals surface area contributed by atoms with Gasteiger partial charge in [-0.05, 0) is 30.8 Å². The van der Waals surface area contributed by atoms with E-state index in [4.69, 9.17) is 11.6 Å². The molecular weight excluding hydrogens is 399 g/mol. The molecule has 4 rings (SSSR count). The molecule has 2 aliphatic rings. The van der Waals surface area contributed by atoms with Gasteiger partial charge in [-0.3, -0.25) is 14.5 Å². The van der Waals surface area contributed by atoms with E-state index in [9.17, 15) is 9.59 Å². The average Bonchev–Trinajstić information content (AvgIpc) is 2.95. The smallest absolute Gasteiger partial charge is 0.260 e. The number of hydrogen-bond acceptors (Lipinski definition) is 4. The Hall–Kier alpha value is -2.15. The van der Waals surface area contributed by atoms with E-state index in [0.29, 0.717) is 16.4 Å². The number of likely N-dealkylation sites (N-methyl/N-ethyl adjacent to an activating group) is 1. The zero-order chi connectivity index (χ0) is 19.0. The molecule has 1 atom stereocenters. The van der Waals surface area contributed by atoms with Gasteiger partial charge in [0.25, 0.3) is 5.91 Å². The van der Waals surface area contributed by atoms with Crippen LogP contribution in [0.3, 0.4) is 0 Å². The Morgan fingerprint density at radius 2 is 1.86 bits per heavy atom. The molecule has 0 radical (unpaired) electrons. The summed E-state index contributed by atoms with van der Waals surface area (Å²) in [4.78, 5) is 36.0. The minimum absolute atomic E-state index is 0. The van der Waals surface area contributed by atoms with Crippen molar-refractivity contribution in [2.75, 3.05) is 38.1 Å². The van der Waals surface area contributed by atoms with Crippen molar-refractivity contribution in [3.63, 3.8) is 0 Å². The molecule has 1 saturated heterocycles. The van der Waals surface area contributed by atoms with Crippen molar-refractivity contribution < 1.29 is 9.59 Å². The molecule has 3 heterocycles. The lowest BCUT2D eigenvalue weighted by Gasteiger charge is -2.34. The average molecular weight is 421 g/mol. The van der Waals surface area contributed by atoms with Crippen LogP contribution in [0, 0.1) is 0 Å². The van der Waals surface area contributed by atoms with E-state index >= 15 is 0 Å². The van der Waals surface area contributed by atoms with Crippen LogP contribution in [-0.4, -0.2) is 59.8 Å². The second-order valence-corrected chi connectivity index (χ2v) is 7.44. The highest BCUT2D eigenvalue weighted by Crippen LogP contribution is 2.39. The predicted octanol–water partition coefficient (Wildman–Crippen LogP) is 3.02. The summed E-state index contributed by atoms with van der Waals surface area (Å²) in [5, 5.41) is 0.507. The largest absolute Gasteiger partial charge is 0.340 e. The standard InChI is InChI=1S/C20H21ClN4O2.ClH/c1-23-8-10-24(11-9-23)19(26)12-17-15-4-2-3-5-16(15)20(27)25(17)18-7-6-14(21)13-22-18;/h2-7,13,17H,8-12H2,1H3;1H. The molecule has 2 aromatic rings. The first-order valence-electron chi connectivity index (χ1n) is 9.05. The summed E-state index contributed by atoms with van der Waals surface area (Å²) in [6.45, 7) is 3.18. The van der Waals surface area contributed by atoms with Gasteiger partial charge in [0.2, 0.25) is 5.91 Å². The van der Waals surface area contributed by atoms with Crippen LogP contribution in [0.25, 0.3) is 0 Å². The van der Waals surface area contributed by atoms with Gasteiger partial charge in [-0.1, -0.05) is 29.8 Å². The van der Waals surface area contributed by atoms with Crippen LogP contribution in [-0.2, 0) is 4.79 Å². The zero-order valence-electron chi connectivity index (χ0n) is 15.5. The Labute approximate surface area is 175 Å². The molecule has 1 fully saturated rings. The molecule has 0 bridgehead atoms. The number of carbonyl (C=O) groups excluding carboxylic acids is 2. The van der Waals surface area contributed by atoms with Crippen LogP contribution in [0.1, 0.15) is 28.4 Å². The Morgan fingerprint density at radius 1 is 1.14 bits per heavy atom. The molecule has 1 unspecified atom stereocenters. The first-order valence-corrected chi connectivity index (χ1v) is 9.43. The van der Waals surface area contributed by atoms with Crippen molar-refractivity contribution in [2.24, 2.45) is 0 Å². The van der Waals surface area contributed by atoms with Gasteiger partial charge < -0.3 is 9.80 Å². The lowest BCUT2D eigenvalue weighted by molar-refractivity contribution is -0.133. The fraction of sp³-hybridized carbons (Fsp3) is 0.350. The number of aromatic nitrogens is 1. The van der Waals surface area contributed by atoms with Crippen LogP contribution in [0.4, 0.5) is 5.82 Å². The van der Waals surface area contributed by atoms with E-state index in [-0.39, 0.29) is 36.7 Å². The number of piperazine rings is 1. The maximum Gasteiger partial charge on any atom is 0.260 e. The second-order valence-electron chi connectivity index (χ2n) is 7.00. The lowest BCUT2D eigenvalue weighted by atomic mass is 10.0. The van der Waals surface area contributed by atoms with Crippen LogP contribution in [0.15, 0.2) is 42.6 Å². The van der Waals surface area contributed by atoms with Crippen molar-refractivity contribution in [2.45, 2.75) is 12.5 Å². The number of hydrogen-bond donors (Lipinski definition) is 0. The summed E-state index contributed by atoms with van der Waals surface area (Å²) < 4.78 is 0. The maximum atomic E-state index is 13.0. The van der Waals surface area contributed by atoms with Crippen molar-refractivity contribution in [1.82, 2.24) is 14.8 Å². The minimum atomic E-state index is -0.352. The van der Waals surface area contributed by atoms with Crippen molar-refractivity contribution in [3.8, 4) is 0 Å². The van der Waals surface area contributed by atoms with Gasteiger partial charge in [-0.25, -0.2) is 4.98 Å². The maximum absolute atomic E-state index is 13.0. The molecule has 0 spiro atoms. The Morgan fingerprint density at radius 3 is 2.54 bits per heavy atom. The third kappa shape index (κ3) is 3.85. The van der Waals surface area contributed by atoms with Gasteiger partial charge in [0.15, 0.2) is 0 Å². The molecule has 2 amide bonds. The van der Waals surface area contributed by atoms with Crippen LogP contribution in [0.5, 0.6) is 0 Å². The topological polar surface area (TPSA) is 56.8 Å². The number of anilines is 1. The molecule has 6 nitrogen and oxygen atoms in total. The van der Waals surface area contributed by atoms with Gasteiger partial charge in [0.1, 0.15) is 5.82 Å². The SMILES string of the molecule is CN1CCN(C(=O)CC2c3ccccc3C(=O)N2c2ccc(Cl)cn2)CC1.Cl. The molecule has 1 aromatic heterocycles. The third-order valence-corrected chi connectivity index (χ3v) is 5.49. The lowest BCUT2D eigenvalue weighted by Crippen LogP contribution is -2.47. The first-order chi connectivity index (χ1) is 13.0. The Bertz CT molecular complexity index is 867. The predicted molar refractivity (Wildman–Crippen MR) is 111 cm³/mol. The molecule has 0 saturated carbocycles. The molecule has 8 heteroatoms. The number of fused-ring (bicyclic) bond motifs is 1. The summed E-state index contributed by atoms with van der Waals surface area (Å²) in [6, 6.07) is 10.5. The number of halogens is 2. The summed E-state index contributed by atoms with van der Waals surface area (Å²) >= 11 is 5.95. The summed E-state index contributed by atoms with van der Waals surface area (Å²) in [5.74, 6) is 0.449. The Balaban J connectivity index is 0.00000225. The van der Waals surface area contributed by atoms with E-state index < -0.39 is 0 Å². The molecule has 1 aromatic carbocycles. The van der Waals surface area contributed by atoms with Gasteiger partial charge in [-0.2, -0.15) is 0 Å². The summed E-state index contributed by atoms with van der Waals surface area (Å²) in [7, 11) is 2.06. The Kier molecular flexibility index (Phi) is 6.23. The number of amides is 2. The van der Waals surface area contributed by atoms with Gasteiger partial charge in [0, 0.05) is 37.9 Å². The minimum Gasteiger partial charge on any atom is -0.340 e. The monoisotopic (exact) mass is 420 g/mol. The molecule has 0 aliphatic carbocycles. The van der Waals surface area contributed by atoms with E-state index in [1.54, 1.807) is 23.1 Å². The van der Waals surface area contributed by atoms with Crippen LogP contribution in [0.2, 0.25) is 5.02 Å². The second kappa shape index (κ2) is 8.47. The third-order valence-electron chi connectivity index (χ3n) is 5.26. The van der Waals surface area contributed by atoms with E-state index in [1.165, 1.54) is 6.20 Å². The number of pyridine rings is 1. The zero-order valence-corrected chi connectivity index (χ0v) is 17.1. The number of rotatable bonds is 3. The first kappa shape index (κ1) is 20.6. The highest BCUT2D eigenvalue weighted by Gasteiger charge is 2.40. The van der Waals surface area contributed by atoms with Gasteiger partial charge in [-0.15, -0.1) is 12.4 Å². The molecular formula is C20H22Cl2N4O2. The van der Waals surface area contributed by atoms with Crippen LogP contribution >= 0.6 is 24.0 Å². The number of nitrogens with zero attached hydrogens (tertiary/aromatic N) is 4. The van der Waals surface area contributed by atoms with Crippen LogP contribution < -0.4 is 4.90 Å². The van der Waals surface area contributed by atoms with E-state index in [0.717, 1.165) is 31.7 Å². The molecule has 0 N–H and O–H groups in total. The highest BCUT2D eigenvalue weighted by atomic mass is 35.5. The van der Waals surface area contributed by atoms with E-state index in [2.05, 4.69) is 16.9 Å². The highest BCUT2D eigenvalue weighted by molar-refractivity contribution is 6.30. The molecule has 28 heavy (non-hydrogen) atoms. The van der Waals surface area contributed by atoms with Gasteiger partial charge >= 0.3 is 0 Å². The fourth-order valence-corrected chi connectivity index (χ4v) is 3.83. The molecule has 2 aliphatic heterocycles. The number of carbonyl (C=O) groups is 2. The fourth-order valence-electron chi connectivity index (χ4n) is 3.72.